The second kappa shape index (κ2) is 11.6. The van der Waals surface area contributed by atoms with Gasteiger partial charge in [-0.15, -0.1) is 17.9 Å². The fourth-order valence-corrected chi connectivity index (χ4v) is 5.02. The monoisotopic (exact) mass is 456 g/mol. The third-order valence-electron chi connectivity index (χ3n) is 6.06. The Morgan fingerprint density at radius 2 is 2.09 bits per heavy atom. The quantitative estimate of drug-likeness (QED) is 0.501. The van der Waals surface area contributed by atoms with E-state index in [9.17, 15) is 9.90 Å². The molecule has 2 heterocycles. The third kappa shape index (κ3) is 6.21. The molecule has 32 heavy (non-hydrogen) atoms. The van der Waals surface area contributed by atoms with Crippen LogP contribution in [0.25, 0.3) is 0 Å². The van der Waals surface area contributed by atoms with Crippen molar-refractivity contribution in [1.82, 2.24) is 9.80 Å². The highest BCUT2D eigenvalue weighted by molar-refractivity contribution is 7.10. The van der Waals surface area contributed by atoms with Crippen LogP contribution in [0.15, 0.2) is 48.4 Å². The van der Waals surface area contributed by atoms with E-state index < -0.39 is 6.10 Å². The van der Waals surface area contributed by atoms with Crippen LogP contribution >= 0.6 is 11.3 Å². The van der Waals surface area contributed by atoms with E-state index in [-0.39, 0.29) is 18.5 Å². The number of fused-ring (bicyclic) bond motifs is 1. The molecular formula is C26H36N2O3S. The van der Waals surface area contributed by atoms with E-state index in [1.165, 1.54) is 16.0 Å². The highest BCUT2D eigenvalue weighted by atomic mass is 32.1. The van der Waals surface area contributed by atoms with Gasteiger partial charge in [-0.1, -0.05) is 39.0 Å². The molecule has 1 amide bonds. The first kappa shape index (κ1) is 24.5. The molecule has 0 saturated carbocycles. The van der Waals surface area contributed by atoms with E-state index >= 15 is 0 Å². The highest BCUT2D eigenvalue weighted by Crippen LogP contribution is 2.34. The van der Waals surface area contributed by atoms with Gasteiger partial charge in [0, 0.05) is 24.5 Å². The predicted molar refractivity (Wildman–Crippen MR) is 131 cm³/mol. The SMILES string of the molecule is C=CCN(CC(=O)N1CCc2sccc2[C@H]1COc1ccc(C(C)C)cc1)C[C@H](O)CC. The van der Waals surface area contributed by atoms with Crippen LogP contribution in [0.3, 0.4) is 0 Å². The number of aliphatic hydroxyl groups is 1. The van der Waals surface area contributed by atoms with Gasteiger partial charge in [-0.2, -0.15) is 0 Å². The van der Waals surface area contributed by atoms with Gasteiger partial charge in [-0.3, -0.25) is 9.69 Å². The zero-order valence-corrected chi connectivity index (χ0v) is 20.3. The molecular weight excluding hydrogens is 420 g/mol. The van der Waals surface area contributed by atoms with Crippen molar-refractivity contribution in [2.24, 2.45) is 0 Å². The first-order valence-corrected chi connectivity index (χ1v) is 12.4. The van der Waals surface area contributed by atoms with Crippen molar-refractivity contribution in [3.8, 4) is 5.75 Å². The maximum absolute atomic E-state index is 13.3. The van der Waals surface area contributed by atoms with Crippen LogP contribution in [-0.2, 0) is 11.2 Å². The summed E-state index contributed by atoms with van der Waals surface area (Å²) >= 11 is 1.75. The minimum Gasteiger partial charge on any atom is -0.491 e. The summed E-state index contributed by atoms with van der Waals surface area (Å²) in [4.78, 5) is 18.6. The molecule has 1 aliphatic rings. The number of ether oxygens (including phenoxy) is 1. The van der Waals surface area contributed by atoms with Gasteiger partial charge in [0.15, 0.2) is 0 Å². The molecule has 1 aromatic heterocycles. The molecule has 0 radical (unpaired) electrons. The van der Waals surface area contributed by atoms with E-state index in [0.717, 1.165) is 12.2 Å². The normalized spacial score (nSPS) is 16.8. The van der Waals surface area contributed by atoms with Crippen LogP contribution in [0.1, 0.15) is 55.2 Å². The van der Waals surface area contributed by atoms with E-state index in [1.54, 1.807) is 17.4 Å². The molecule has 2 atom stereocenters. The van der Waals surface area contributed by atoms with Crippen LogP contribution in [0.2, 0.25) is 0 Å². The van der Waals surface area contributed by atoms with Gasteiger partial charge in [-0.25, -0.2) is 0 Å². The second-order valence-electron chi connectivity index (χ2n) is 8.73. The molecule has 2 aromatic rings. The summed E-state index contributed by atoms with van der Waals surface area (Å²) in [6.45, 7) is 12.5. The average Bonchev–Trinajstić information content (AvgIpc) is 3.26. The van der Waals surface area contributed by atoms with Crippen LogP contribution < -0.4 is 4.74 Å². The molecule has 6 heteroatoms. The van der Waals surface area contributed by atoms with Gasteiger partial charge in [0.05, 0.1) is 18.7 Å². The highest BCUT2D eigenvalue weighted by Gasteiger charge is 2.33. The van der Waals surface area contributed by atoms with Crippen LogP contribution in [-0.4, -0.2) is 59.7 Å². The molecule has 3 rings (SSSR count). The fourth-order valence-electron chi connectivity index (χ4n) is 4.09. The lowest BCUT2D eigenvalue weighted by Gasteiger charge is -2.37. The first-order valence-electron chi connectivity index (χ1n) is 11.5. The molecule has 0 spiro atoms. The van der Waals surface area contributed by atoms with Crippen molar-refractivity contribution in [1.29, 1.82) is 0 Å². The number of benzene rings is 1. The Bertz CT molecular complexity index is 877. The summed E-state index contributed by atoms with van der Waals surface area (Å²) < 4.78 is 6.16. The minimum absolute atomic E-state index is 0.0655. The molecule has 1 N–H and O–H groups in total. The maximum atomic E-state index is 13.3. The van der Waals surface area contributed by atoms with Crippen LogP contribution in [0.4, 0.5) is 0 Å². The van der Waals surface area contributed by atoms with Gasteiger partial charge in [0.1, 0.15) is 12.4 Å². The first-order chi connectivity index (χ1) is 15.4. The lowest BCUT2D eigenvalue weighted by molar-refractivity contribution is -0.136. The number of rotatable bonds is 11. The van der Waals surface area contributed by atoms with Crippen LogP contribution in [0, 0.1) is 0 Å². The molecule has 0 bridgehead atoms. The minimum atomic E-state index is -0.444. The molecule has 0 fully saturated rings. The number of aliphatic hydroxyl groups excluding tert-OH is 1. The third-order valence-corrected chi connectivity index (χ3v) is 7.05. The zero-order valence-electron chi connectivity index (χ0n) is 19.5. The van der Waals surface area contributed by atoms with Crippen molar-refractivity contribution in [2.75, 3.05) is 32.8 Å². The summed E-state index contributed by atoms with van der Waals surface area (Å²) in [5.41, 5.74) is 2.47. The largest absolute Gasteiger partial charge is 0.491 e. The molecule has 0 unspecified atom stereocenters. The van der Waals surface area contributed by atoms with E-state index in [0.29, 0.717) is 38.6 Å². The maximum Gasteiger partial charge on any atom is 0.237 e. The van der Waals surface area contributed by atoms with Gasteiger partial charge < -0.3 is 14.7 Å². The zero-order chi connectivity index (χ0) is 23.1. The topological polar surface area (TPSA) is 53.0 Å². The van der Waals surface area contributed by atoms with Crippen molar-refractivity contribution >= 4 is 17.2 Å². The van der Waals surface area contributed by atoms with E-state index in [4.69, 9.17) is 4.74 Å². The number of carbonyl (C=O) groups excluding carboxylic acids is 1. The fraction of sp³-hybridized carbons (Fsp3) is 0.500. The number of carbonyl (C=O) groups is 1. The van der Waals surface area contributed by atoms with Gasteiger partial charge in [0.2, 0.25) is 5.91 Å². The number of amides is 1. The molecule has 0 aliphatic carbocycles. The van der Waals surface area contributed by atoms with Gasteiger partial charge in [-0.05, 0) is 53.5 Å². The summed E-state index contributed by atoms with van der Waals surface area (Å²) in [7, 11) is 0. The molecule has 5 nitrogen and oxygen atoms in total. The Kier molecular flexibility index (Phi) is 8.91. The Morgan fingerprint density at radius 1 is 1.34 bits per heavy atom. The lowest BCUT2D eigenvalue weighted by Crippen LogP contribution is -2.47. The van der Waals surface area contributed by atoms with E-state index in [1.807, 2.05) is 28.9 Å². The number of nitrogens with zero attached hydrogens (tertiary/aromatic N) is 2. The van der Waals surface area contributed by atoms with Crippen molar-refractivity contribution < 1.29 is 14.6 Å². The number of hydrogen-bond acceptors (Lipinski definition) is 5. The van der Waals surface area contributed by atoms with Crippen molar-refractivity contribution in [3.63, 3.8) is 0 Å². The number of hydrogen-bond donors (Lipinski definition) is 1. The molecule has 1 aromatic carbocycles. The van der Waals surface area contributed by atoms with Crippen molar-refractivity contribution in [2.45, 2.75) is 51.7 Å². The van der Waals surface area contributed by atoms with Gasteiger partial charge in [0.25, 0.3) is 0 Å². The standard InChI is InChI=1S/C26H36N2O3S/c1-5-13-27(16-21(29)6-2)17-26(30)28-14-11-25-23(12-15-32-25)24(28)18-31-22-9-7-20(8-10-22)19(3)4/h5,7-10,12,15,19,21,24,29H,1,6,11,13-14,16-18H2,2-4H3/t21-,24-/m1/s1. The van der Waals surface area contributed by atoms with Gasteiger partial charge >= 0.3 is 0 Å². The Hall–Kier alpha value is -2.15. The lowest BCUT2D eigenvalue weighted by atomic mass is 10.00. The summed E-state index contributed by atoms with van der Waals surface area (Å²) in [6.07, 6.45) is 2.87. The van der Waals surface area contributed by atoms with Crippen molar-refractivity contribution in [3.05, 3.63) is 64.4 Å². The van der Waals surface area contributed by atoms with Crippen LogP contribution in [0.5, 0.6) is 5.75 Å². The Labute approximate surface area is 196 Å². The summed E-state index contributed by atoms with van der Waals surface area (Å²) in [5.74, 6) is 1.37. The molecule has 0 saturated heterocycles. The Balaban J connectivity index is 1.72. The van der Waals surface area contributed by atoms with E-state index in [2.05, 4.69) is 44.0 Å². The molecule has 174 valence electrons. The number of thiophene rings is 1. The summed E-state index contributed by atoms with van der Waals surface area (Å²) in [5, 5.41) is 12.2. The Morgan fingerprint density at radius 3 is 2.75 bits per heavy atom. The summed E-state index contributed by atoms with van der Waals surface area (Å²) in [6, 6.07) is 10.2. The predicted octanol–water partition coefficient (Wildman–Crippen LogP) is 4.64. The average molecular weight is 457 g/mol. The second-order valence-corrected chi connectivity index (χ2v) is 9.73. The smallest absolute Gasteiger partial charge is 0.237 e. The molecule has 1 aliphatic heterocycles.